The van der Waals surface area contributed by atoms with Crippen molar-refractivity contribution >= 4 is 17.7 Å². The third kappa shape index (κ3) is 5.98. The average Bonchev–Trinajstić information content (AvgIpc) is 2.39. The zero-order valence-corrected chi connectivity index (χ0v) is 12.2. The summed E-state index contributed by atoms with van der Waals surface area (Å²) in [6, 6.07) is 7.21. The van der Waals surface area contributed by atoms with Crippen LogP contribution >= 0.6 is 11.8 Å². The molecule has 0 unspecified atom stereocenters. The van der Waals surface area contributed by atoms with E-state index in [0.29, 0.717) is 19.6 Å². The van der Waals surface area contributed by atoms with E-state index in [1.165, 1.54) is 0 Å². The highest BCUT2D eigenvalue weighted by molar-refractivity contribution is 7.98. The van der Waals surface area contributed by atoms with E-state index in [-0.39, 0.29) is 0 Å². The van der Waals surface area contributed by atoms with Gasteiger partial charge >= 0.3 is 5.97 Å². The molecule has 0 aliphatic rings. The molecule has 4 nitrogen and oxygen atoms in total. The normalized spacial score (nSPS) is 12.1. The number of nitrogens with one attached hydrogen (secondary N) is 1. The molecule has 1 rings (SSSR count). The fraction of sp³-hybridized carbons (Fsp3) is 0.500. The molecule has 0 spiro atoms. The lowest BCUT2D eigenvalue weighted by Gasteiger charge is -2.14. The Kier molecular flexibility index (Phi) is 7.36. The standard InChI is InChI=1S/C14H21NO3S/c1-3-18-12-6-4-5-11(9-12)10-15-13(14(16)17)7-8-19-2/h4-6,9,13,15H,3,7-8,10H2,1-2H3,(H,16,17)/t13-/m0/s1. The summed E-state index contributed by atoms with van der Waals surface area (Å²) in [5, 5.41) is 12.2. The second-order valence-electron chi connectivity index (χ2n) is 4.13. The van der Waals surface area contributed by atoms with E-state index in [9.17, 15) is 4.79 Å². The Hall–Kier alpha value is -1.20. The van der Waals surface area contributed by atoms with Crippen LogP contribution in [0.25, 0.3) is 0 Å². The summed E-state index contributed by atoms with van der Waals surface area (Å²) in [6.45, 7) is 3.10. The summed E-state index contributed by atoms with van der Waals surface area (Å²) in [5.41, 5.74) is 1.03. The van der Waals surface area contributed by atoms with Crippen LogP contribution in [0, 0.1) is 0 Å². The molecule has 0 heterocycles. The van der Waals surface area contributed by atoms with Crippen LogP contribution in [-0.4, -0.2) is 35.7 Å². The van der Waals surface area contributed by atoms with Crippen molar-refractivity contribution in [3.63, 3.8) is 0 Å². The number of aliphatic carboxylic acids is 1. The first-order valence-electron chi connectivity index (χ1n) is 6.34. The highest BCUT2D eigenvalue weighted by Crippen LogP contribution is 2.13. The zero-order valence-electron chi connectivity index (χ0n) is 11.4. The summed E-state index contributed by atoms with van der Waals surface area (Å²) in [4.78, 5) is 11.1. The smallest absolute Gasteiger partial charge is 0.320 e. The SMILES string of the molecule is CCOc1cccc(CN[C@@H](CCSC)C(=O)O)c1. The van der Waals surface area contributed by atoms with Gasteiger partial charge in [0.15, 0.2) is 0 Å². The molecule has 0 amide bonds. The van der Waals surface area contributed by atoms with Crippen molar-refractivity contribution in [1.29, 1.82) is 0 Å². The van der Waals surface area contributed by atoms with E-state index in [1.54, 1.807) is 11.8 Å². The van der Waals surface area contributed by atoms with Crippen molar-refractivity contribution in [1.82, 2.24) is 5.32 Å². The van der Waals surface area contributed by atoms with Crippen LogP contribution in [0.2, 0.25) is 0 Å². The van der Waals surface area contributed by atoms with Gasteiger partial charge in [0.05, 0.1) is 6.61 Å². The molecule has 0 aromatic heterocycles. The monoisotopic (exact) mass is 283 g/mol. The molecule has 0 saturated heterocycles. The van der Waals surface area contributed by atoms with Gasteiger partial charge < -0.3 is 15.2 Å². The number of benzene rings is 1. The Morgan fingerprint density at radius 1 is 1.53 bits per heavy atom. The van der Waals surface area contributed by atoms with Gasteiger partial charge in [-0.3, -0.25) is 4.79 Å². The van der Waals surface area contributed by atoms with E-state index in [2.05, 4.69) is 5.32 Å². The molecule has 2 N–H and O–H groups in total. The van der Waals surface area contributed by atoms with Crippen LogP contribution in [0.15, 0.2) is 24.3 Å². The Bertz CT molecular complexity index is 398. The fourth-order valence-corrected chi connectivity index (χ4v) is 2.17. The number of carbonyl (C=O) groups is 1. The lowest BCUT2D eigenvalue weighted by molar-refractivity contribution is -0.139. The Morgan fingerprint density at radius 2 is 2.32 bits per heavy atom. The van der Waals surface area contributed by atoms with Crippen molar-refractivity contribution in [2.75, 3.05) is 18.6 Å². The van der Waals surface area contributed by atoms with Crippen LogP contribution in [0.1, 0.15) is 18.9 Å². The topological polar surface area (TPSA) is 58.6 Å². The Balaban J connectivity index is 2.53. The molecule has 1 atom stereocenters. The number of ether oxygens (including phenoxy) is 1. The minimum Gasteiger partial charge on any atom is -0.494 e. The van der Waals surface area contributed by atoms with E-state index in [0.717, 1.165) is 17.1 Å². The third-order valence-corrected chi connectivity index (χ3v) is 3.31. The van der Waals surface area contributed by atoms with Gasteiger partial charge in [0.1, 0.15) is 11.8 Å². The molecule has 0 radical (unpaired) electrons. The predicted molar refractivity (Wildman–Crippen MR) is 78.9 cm³/mol. The predicted octanol–water partition coefficient (Wildman–Crippen LogP) is 2.38. The highest BCUT2D eigenvalue weighted by Gasteiger charge is 2.15. The minimum absolute atomic E-state index is 0.497. The lowest BCUT2D eigenvalue weighted by atomic mass is 10.1. The maximum Gasteiger partial charge on any atom is 0.320 e. The molecule has 0 aliphatic carbocycles. The van der Waals surface area contributed by atoms with Gasteiger partial charge in [0.2, 0.25) is 0 Å². The van der Waals surface area contributed by atoms with Gasteiger partial charge in [-0.25, -0.2) is 0 Å². The Labute approximate surface area is 118 Å². The highest BCUT2D eigenvalue weighted by atomic mass is 32.2. The molecular weight excluding hydrogens is 262 g/mol. The van der Waals surface area contributed by atoms with Gasteiger partial charge in [-0.15, -0.1) is 0 Å². The number of carboxylic acids is 1. The maximum atomic E-state index is 11.1. The first-order valence-corrected chi connectivity index (χ1v) is 7.73. The molecule has 0 aliphatic heterocycles. The molecule has 0 bridgehead atoms. The number of thioether (sulfide) groups is 1. The quantitative estimate of drug-likeness (QED) is 0.728. The zero-order chi connectivity index (χ0) is 14.1. The largest absolute Gasteiger partial charge is 0.494 e. The van der Waals surface area contributed by atoms with Crippen molar-refractivity contribution in [2.24, 2.45) is 0 Å². The van der Waals surface area contributed by atoms with Crippen LogP contribution in [0.5, 0.6) is 5.75 Å². The summed E-state index contributed by atoms with van der Waals surface area (Å²) in [5.74, 6) is 0.857. The van der Waals surface area contributed by atoms with E-state index in [4.69, 9.17) is 9.84 Å². The number of carboxylic acid groups (broad SMARTS) is 1. The summed E-state index contributed by atoms with van der Waals surface area (Å²) >= 11 is 1.65. The first-order chi connectivity index (χ1) is 9.17. The maximum absolute atomic E-state index is 11.1. The lowest BCUT2D eigenvalue weighted by Crippen LogP contribution is -2.36. The second kappa shape index (κ2) is 8.82. The summed E-state index contributed by atoms with van der Waals surface area (Å²) in [7, 11) is 0. The van der Waals surface area contributed by atoms with Crippen LogP contribution < -0.4 is 10.1 Å². The molecule has 106 valence electrons. The first kappa shape index (κ1) is 15.9. The molecule has 19 heavy (non-hydrogen) atoms. The fourth-order valence-electron chi connectivity index (χ4n) is 1.70. The van der Waals surface area contributed by atoms with E-state index < -0.39 is 12.0 Å². The van der Waals surface area contributed by atoms with Gasteiger partial charge in [0.25, 0.3) is 0 Å². The van der Waals surface area contributed by atoms with E-state index in [1.807, 2.05) is 37.4 Å². The van der Waals surface area contributed by atoms with Crippen LogP contribution in [-0.2, 0) is 11.3 Å². The van der Waals surface area contributed by atoms with Crippen molar-refractivity contribution in [3.8, 4) is 5.75 Å². The summed E-state index contributed by atoms with van der Waals surface area (Å²) in [6.07, 6.45) is 2.60. The number of hydrogen-bond donors (Lipinski definition) is 2. The summed E-state index contributed by atoms with van der Waals surface area (Å²) < 4.78 is 5.42. The van der Waals surface area contributed by atoms with E-state index >= 15 is 0 Å². The van der Waals surface area contributed by atoms with Crippen molar-refractivity contribution in [3.05, 3.63) is 29.8 Å². The van der Waals surface area contributed by atoms with Crippen molar-refractivity contribution in [2.45, 2.75) is 25.9 Å². The molecule has 1 aromatic carbocycles. The molecule has 1 aromatic rings. The molecule has 5 heteroatoms. The molecule has 0 fully saturated rings. The van der Waals surface area contributed by atoms with Crippen LogP contribution in [0.4, 0.5) is 0 Å². The average molecular weight is 283 g/mol. The van der Waals surface area contributed by atoms with Gasteiger partial charge in [-0.1, -0.05) is 12.1 Å². The van der Waals surface area contributed by atoms with Gasteiger partial charge in [-0.2, -0.15) is 11.8 Å². The molecular formula is C14H21NO3S. The minimum atomic E-state index is -0.796. The number of rotatable bonds is 9. The van der Waals surface area contributed by atoms with Gasteiger partial charge in [0, 0.05) is 6.54 Å². The third-order valence-electron chi connectivity index (χ3n) is 2.67. The molecule has 0 saturated carbocycles. The van der Waals surface area contributed by atoms with Crippen molar-refractivity contribution < 1.29 is 14.6 Å². The Morgan fingerprint density at radius 3 is 2.95 bits per heavy atom. The second-order valence-corrected chi connectivity index (χ2v) is 5.12. The number of hydrogen-bond acceptors (Lipinski definition) is 4. The van der Waals surface area contributed by atoms with Gasteiger partial charge in [-0.05, 0) is 43.0 Å². The van der Waals surface area contributed by atoms with Crippen LogP contribution in [0.3, 0.4) is 0 Å².